The van der Waals surface area contributed by atoms with Crippen LogP contribution in [0.25, 0.3) is 27.8 Å². The molecule has 0 atom stereocenters. The first-order valence-corrected chi connectivity index (χ1v) is 9.53. The topological polar surface area (TPSA) is 43.0 Å². The van der Waals surface area contributed by atoms with E-state index in [0.717, 1.165) is 45.0 Å². The summed E-state index contributed by atoms with van der Waals surface area (Å²) >= 11 is 0. The summed E-state index contributed by atoms with van der Waals surface area (Å²) in [6.07, 6.45) is 1.77. The van der Waals surface area contributed by atoms with E-state index in [1.54, 1.807) is 6.20 Å². The Labute approximate surface area is 159 Å². The molecule has 3 heterocycles. The van der Waals surface area contributed by atoms with E-state index in [1.807, 2.05) is 6.07 Å². The SMILES string of the molecule is Cc1ccc2c(oc3ncccc32)c1-[n+]1c(C(C)(C)C)oc(C(C)C)c1C. The Morgan fingerprint density at radius 2 is 1.74 bits per heavy atom. The van der Waals surface area contributed by atoms with E-state index in [4.69, 9.17) is 8.83 Å². The summed E-state index contributed by atoms with van der Waals surface area (Å²) in [4.78, 5) is 4.41. The maximum absolute atomic E-state index is 6.41. The molecule has 0 saturated heterocycles. The molecule has 0 aliphatic heterocycles. The average Bonchev–Trinajstić information content (AvgIpc) is 3.13. The molecule has 0 aliphatic carbocycles. The van der Waals surface area contributed by atoms with Gasteiger partial charge in [0.25, 0.3) is 5.69 Å². The van der Waals surface area contributed by atoms with Crippen LogP contribution in [0, 0.1) is 13.8 Å². The van der Waals surface area contributed by atoms with E-state index in [9.17, 15) is 0 Å². The third-order valence-corrected chi connectivity index (χ3v) is 5.08. The summed E-state index contributed by atoms with van der Waals surface area (Å²) in [5.74, 6) is 2.27. The van der Waals surface area contributed by atoms with Gasteiger partial charge >= 0.3 is 5.89 Å². The van der Waals surface area contributed by atoms with Crippen LogP contribution in [0.5, 0.6) is 0 Å². The Hall–Kier alpha value is -2.62. The quantitative estimate of drug-likeness (QED) is 0.417. The molecule has 1 aromatic carbocycles. The summed E-state index contributed by atoms with van der Waals surface area (Å²) in [6, 6.07) is 8.28. The number of hydrogen-bond acceptors (Lipinski definition) is 3. The minimum atomic E-state index is -0.142. The summed E-state index contributed by atoms with van der Waals surface area (Å²) in [5.41, 5.74) is 4.70. The highest BCUT2D eigenvalue weighted by molar-refractivity contribution is 6.06. The molecule has 3 aromatic heterocycles. The average molecular weight is 363 g/mol. The van der Waals surface area contributed by atoms with Crippen LogP contribution in [0.15, 0.2) is 39.3 Å². The van der Waals surface area contributed by atoms with E-state index < -0.39 is 0 Å². The maximum Gasteiger partial charge on any atom is 0.358 e. The standard InChI is InChI=1S/C23H27N2O2/c1-13(2)19-15(4)25(22(27-19)23(5,6)7)18-14(3)10-11-16-17-9-8-12-24-21(17)26-20(16)18/h8-13H,1-7H3/q+1. The lowest BCUT2D eigenvalue weighted by Gasteiger charge is -2.12. The lowest BCUT2D eigenvalue weighted by molar-refractivity contribution is -0.618. The highest BCUT2D eigenvalue weighted by Crippen LogP contribution is 2.34. The predicted molar refractivity (Wildman–Crippen MR) is 108 cm³/mol. The molecule has 4 heteroatoms. The van der Waals surface area contributed by atoms with Crippen molar-refractivity contribution in [3.63, 3.8) is 0 Å². The summed E-state index contributed by atoms with van der Waals surface area (Å²) < 4.78 is 14.9. The van der Waals surface area contributed by atoms with Gasteiger partial charge in [-0.25, -0.2) is 4.98 Å². The molecular formula is C23H27N2O2+. The summed E-state index contributed by atoms with van der Waals surface area (Å²) in [5, 5.41) is 2.12. The Morgan fingerprint density at radius 1 is 1.00 bits per heavy atom. The molecule has 0 radical (unpaired) electrons. The van der Waals surface area contributed by atoms with E-state index in [-0.39, 0.29) is 5.41 Å². The zero-order chi connectivity index (χ0) is 19.5. The number of furan rings is 1. The van der Waals surface area contributed by atoms with Crippen molar-refractivity contribution in [3.8, 4) is 5.69 Å². The van der Waals surface area contributed by atoms with Gasteiger partial charge in [-0.1, -0.05) is 19.9 Å². The first-order chi connectivity index (χ1) is 12.7. The number of aromatic nitrogens is 2. The van der Waals surface area contributed by atoms with Gasteiger partial charge in [0.05, 0.1) is 5.41 Å². The number of benzene rings is 1. The number of rotatable bonds is 2. The van der Waals surface area contributed by atoms with Crippen molar-refractivity contribution in [1.82, 2.24) is 4.98 Å². The maximum atomic E-state index is 6.41. The van der Waals surface area contributed by atoms with E-state index in [2.05, 4.69) is 76.2 Å². The first-order valence-electron chi connectivity index (χ1n) is 9.53. The predicted octanol–water partition coefficient (Wildman–Crippen LogP) is 5.89. The fourth-order valence-corrected chi connectivity index (χ4v) is 3.82. The second-order valence-corrected chi connectivity index (χ2v) is 8.66. The second kappa shape index (κ2) is 5.95. The number of hydrogen-bond donors (Lipinski definition) is 0. The van der Waals surface area contributed by atoms with Gasteiger partial charge in [-0.2, -0.15) is 0 Å². The van der Waals surface area contributed by atoms with Crippen LogP contribution in [-0.4, -0.2) is 4.98 Å². The minimum Gasteiger partial charge on any atom is -0.431 e. The smallest absolute Gasteiger partial charge is 0.358 e. The van der Waals surface area contributed by atoms with Gasteiger partial charge in [0.15, 0.2) is 5.76 Å². The first kappa shape index (κ1) is 17.8. The fourth-order valence-electron chi connectivity index (χ4n) is 3.82. The lowest BCUT2D eigenvalue weighted by Crippen LogP contribution is -2.41. The lowest BCUT2D eigenvalue weighted by atomic mass is 9.96. The molecule has 0 spiro atoms. The van der Waals surface area contributed by atoms with Crippen LogP contribution in [-0.2, 0) is 5.41 Å². The molecule has 140 valence electrons. The largest absolute Gasteiger partial charge is 0.431 e. The minimum absolute atomic E-state index is 0.142. The molecule has 0 unspecified atom stereocenters. The second-order valence-electron chi connectivity index (χ2n) is 8.66. The van der Waals surface area contributed by atoms with E-state index in [0.29, 0.717) is 11.6 Å². The zero-order valence-electron chi connectivity index (χ0n) is 17.2. The van der Waals surface area contributed by atoms with Gasteiger partial charge in [0.2, 0.25) is 17.0 Å². The van der Waals surface area contributed by atoms with E-state index in [1.165, 1.54) is 0 Å². The van der Waals surface area contributed by atoms with Gasteiger partial charge < -0.3 is 8.83 Å². The fraction of sp³-hybridized carbons (Fsp3) is 0.391. The third kappa shape index (κ3) is 2.66. The van der Waals surface area contributed by atoms with Crippen LogP contribution in [0.3, 0.4) is 0 Å². The normalized spacial score (nSPS) is 12.6. The van der Waals surface area contributed by atoms with Crippen molar-refractivity contribution in [2.24, 2.45) is 0 Å². The molecular weight excluding hydrogens is 336 g/mol. The highest BCUT2D eigenvalue weighted by Gasteiger charge is 2.39. The zero-order valence-corrected chi connectivity index (χ0v) is 17.2. The Balaban J connectivity index is 2.16. The monoisotopic (exact) mass is 363 g/mol. The molecule has 4 rings (SSSR count). The molecule has 0 aliphatic rings. The molecule has 0 bridgehead atoms. The Kier molecular flexibility index (Phi) is 3.91. The van der Waals surface area contributed by atoms with Crippen LogP contribution < -0.4 is 4.57 Å². The van der Waals surface area contributed by atoms with E-state index >= 15 is 0 Å². The number of oxazole rings is 1. The van der Waals surface area contributed by atoms with Crippen molar-refractivity contribution >= 4 is 22.1 Å². The number of aryl methyl sites for hydroxylation is 1. The van der Waals surface area contributed by atoms with Crippen molar-refractivity contribution < 1.29 is 13.4 Å². The molecule has 27 heavy (non-hydrogen) atoms. The summed E-state index contributed by atoms with van der Waals surface area (Å²) in [7, 11) is 0. The third-order valence-electron chi connectivity index (χ3n) is 5.08. The number of pyridine rings is 1. The van der Waals surface area contributed by atoms with Crippen molar-refractivity contribution in [3.05, 3.63) is 53.4 Å². The van der Waals surface area contributed by atoms with Gasteiger partial charge in [0, 0.05) is 35.4 Å². The van der Waals surface area contributed by atoms with Gasteiger partial charge in [-0.3, -0.25) is 0 Å². The Morgan fingerprint density at radius 3 is 2.41 bits per heavy atom. The molecule has 0 fully saturated rings. The van der Waals surface area contributed by atoms with Crippen LogP contribution >= 0.6 is 0 Å². The molecule has 0 N–H and O–H groups in total. The van der Waals surface area contributed by atoms with Gasteiger partial charge in [-0.15, -0.1) is 4.57 Å². The van der Waals surface area contributed by atoms with Gasteiger partial charge in [-0.05, 0) is 45.9 Å². The van der Waals surface area contributed by atoms with Crippen LogP contribution in [0.1, 0.15) is 63.4 Å². The molecule has 0 amide bonds. The Bertz CT molecular complexity index is 1160. The van der Waals surface area contributed by atoms with Crippen LogP contribution in [0.2, 0.25) is 0 Å². The van der Waals surface area contributed by atoms with Gasteiger partial charge in [0.1, 0.15) is 0 Å². The molecule has 4 aromatic rings. The van der Waals surface area contributed by atoms with Crippen molar-refractivity contribution in [1.29, 1.82) is 0 Å². The van der Waals surface area contributed by atoms with Crippen molar-refractivity contribution in [2.75, 3.05) is 0 Å². The number of nitrogens with zero attached hydrogens (tertiary/aromatic N) is 2. The van der Waals surface area contributed by atoms with Crippen molar-refractivity contribution in [2.45, 2.75) is 59.8 Å². The summed E-state index contributed by atoms with van der Waals surface area (Å²) in [6.45, 7) is 15.1. The highest BCUT2D eigenvalue weighted by atomic mass is 16.4. The van der Waals surface area contributed by atoms with Crippen LogP contribution in [0.4, 0.5) is 0 Å². The number of fused-ring (bicyclic) bond motifs is 3. The molecule has 4 nitrogen and oxygen atoms in total. The molecule has 0 saturated carbocycles.